The number of hydrogen-bond donors (Lipinski definition) is 2. The van der Waals surface area contributed by atoms with E-state index in [1.54, 1.807) is 30.7 Å². The van der Waals surface area contributed by atoms with E-state index in [0.29, 0.717) is 74.0 Å². The first kappa shape index (κ1) is 90.4. The molecular weight excluding hydrogens is 1400 g/mol. The number of nitrogens with zero attached hydrogens (tertiary/aromatic N) is 9. The number of halogens is 10. The lowest BCUT2D eigenvalue weighted by Gasteiger charge is -2.35. The Labute approximate surface area is 633 Å². The van der Waals surface area contributed by atoms with Gasteiger partial charge in [-0.15, -0.1) is 0 Å². The molecule has 0 radical (unpaired) electrons. The van der Waals surface area contributed by atoms with Crippen LogP contribution in [0.4, 0.5) is 43.9 Å². The van der Waals surface area contributed by atoms with Gasteiger partial charge >= 0.3 is 18.5 Å². The molecule has 2 N–H and O–H groups in total. The number of aliphatic hydroxyl groups excluding tert-OH is 2. The lowest BCUT2D eigenvalue weighted by molar-refractivity contribution is -0.139. The monoisotopic (exact) mass is 1530 g/mol. The van der Waals surface area contributed by atoms with Gasteiger partial charge in [-0.2, -0.15) is 39.5 Å². The predicted octanol–water partition coefficient (Wildman–Crippen LogP) is 17.2. The van der Waals surface area contributed by atoms with Crippen molar-refractivity contribution in [1.29, 1.82) is 0 Å². The SMILES string of the molecule is CC(C)(C)c1cc(CN2CC[C@@H](O)C2)cc(C(F)(F)F)c1.CC(C)(C)c1cc(F)cc(Cn2ccnc2)c1.CC(C)(C)c1ccc(CN2CCN(CCO)CC2)c(C(F)(F)F)c1.CN(C)[C@@H]1CCN(Cc2cc(C(C)(C)C)cc(C(F)(F)F)c2)C1.CN1CCN(Cc2cc(C(C)(C)C)cc(P(C)(C)=O)c2)CC1. The number of likely N-dealkylation sites (tertiary alicyclic amines) is 2. The fraction of sp³-hybridized carbons (Fsp3) is 0.607. The summed E-state index contributed by atoms with van der Waals surface area (Å²) in [6.45, 7) is 48.3. The van der Waals surface area contributed by atoms with Gasteiger partial charge in [-0.1, -0.05) is 140 Å². The lowest BCUT2D eigenvalue weighted by Crippen LogP contribution is -2.46. The van der Waals surface area contributed by atoms with Crippen molar-refractivity contribution in [3.05, 3.63) is 188 Å². The Hall–Kier alpha value is -5.52. The largest absolute Gasteiger partial charge is 0.416 e. The first-order valence-electron chi connectivity index (χ1n) is 37.5. The summed E-state index contributed by atoms with van der Waals surface area (Å²) in [5.74, 6) is -0.174. The topological polar surface area (TPSA) is 98.0 Å². The molecule has 5 heterocycles. The molecule has 4 aliphatic heterocycles. The van der Waals surface area contributed by atoms with E-state index in [1.807, 2.05) is 110 Å². The Bertz CT molecular complexity index is 3740. The number of aliphatic hydroxyl groups is 2. The fourth-order valence-corrected chi connectivity index (χ4v) is 14.1. The van der Waals surface area contributed by atoms with E-state index in [4.69, 9.17) is 5.11 Å². The minimum absolute atomic E-state index is 0.0359. The third-order valence-corrected chi connectivity index (χ3v) is 21.7. The highest BCUT2D eigenvalue weighted by molar-refractivity contribution is 7.70. The second-order valence-electron chi connectivity index (χ2n) is 35.5. The van der Waals surface area contributed by atoms with Crippen molar-refractivity contribution >= 4 is 12.4 Å². The average molecular weight is 1530 g/mol. The van der Waals surface area contributed by atoms with Gasteiger partial charge in [0.15, 0.2) is 0 Å². The van der Waals surface area contributed by atoms with Gasteiger partial charge in [-0.3, -0.25) is 24.5 Å². The molecule has 0 amide bonds. The van der Waals surface area contributed by atoms with Crippen LogP contribution in [-0.4, -0.2) is 192 Å². The maximum atomic E-state index is 13.6. The zero-order chi connectivity index (χ0) is 80.2. The highest BCUT2D eigenvalue weighted by Crippen LogP contribution is 2.40. The normalized spacial score (nSPS) is 18.3. The van der Waals surface area contributed by atoms with Crippen molar-refractivity contribution < 1.29 is 58.7 Å². The number of imidazole rings is 1. The van der Waals surface area contributed by atoms with E-state index in [2.05, 4.69) is 121 Å². The van der Waals surface area contributed by atoms with Crippen LogP contribution in [0.3, 0.4) is 0 Å². The molecule has 6 aromatic rings. The van der Waals surface area contributed by atoms with Gasteiger partial charge in [-0.05, 0) is 185 Å². The van der Waals surface area contributed by atoms with Crippen LogP contribution in [0, 0.1) is 5.82 Å². The molecule has 107 heavy (non-hydrogen) atoms. The molecule has 0 aliphatic carbocycles. The molecule has 0 bridgehead atoms. The van der Waals surface area contributed by atoms with Crippen molar-refractivity contribution in [2.75, 3.05) is 126 Å². The molecule has 0 unspecified atom stereocenters. The number of rotatable bonds is 14. The van der Waals surface area contributed by atoms with Crippen LogP contribution in [-0.2, 0) is 82.9 Å². The molecule has 4 fully saturated rings. The zero-order valence-corrected chi connectivity index (χ0v) is 68.3. The minimum atomic E-state index is -4.34. The zero-order valence-electron chi connectivity index (χ0n) is 67.5. The third kappa shape index (κ3) is 29.6. The maximum Gasteiger partial charge on any atom is 0.416 e. The molecule has 5 aromatic carbocycles. The Morgan fingerprint density at radius 3 is 1.31 bits per heavy atom. The smallest absolute Gasteiger partial charge is 0.395 e. The molecule has 4 aliphatic rings. The number of benzene rings is 5. The second kappa shape index (κ2) is 37.2. The summed E-state index contributed by atoms with van der Waals surface area (Å²) in [6, 6.07) is 25.9. The molecule has 12 nitrogen and oxygen atoms in total. The van der Waals surface area contributed by atoms with Crippen LogP contribution in [0.2, 0.25) is 0 Å². The van der Waals surface area contributed by atoms with Crippen molar-refractivity contribution in [2.45, 2.75) is 207 Å². The average Bonchev–Trinajstić information content (AvgIpc) is 1.21. The predicted molar refractivity (Wildman–Crippen MR) is 416 cm³/mol. The first-order chi connectivity index (χ1) is 49.1. The summed E-state index contributed by atoms with van der Waals surface area (Å²) in [6.07, 6.45) is -6.24. The lowest BCUT2D eigenvalue weighted by atomic mass is 9.85. The van der Waals surface area contributed by atoms with Crippen LogP contribution in [0.25, 0.3) is 0 Å². The second-order valence-corrected chi connectivity index (χ2v) is 38.7. The van der Waals surface area contributed by atoms with Gasteiger partial charge in [-0.25, -0.2) is 9.37 Å². The Balaban J connectivity index is 0.000000210. The van der Waals surface area contributed by atoms with Crippen molar-refractivity contribution in [1.82, 2.24) is 43.9 Å². The van der Waals surface area contributed by atoms with Gasteiger partial charge in [0.25, 0.3) is 0 Å². The van der Waals surface area contributed by atoms with E-state index in [0.717, 1.165) is 113 Å². The Kier molecular flexibility index (Phi) is 31.4. The summed E-state index contributed by atoms with van der Waals surface area (Å²) in [4.78, 5) is 19.5. The quantitative estimate of drug-likeness (QED) is 0.0806. The first-order valence-corrected chi connectivity index (χ1v) is 40.1. The highest BCUT2D eigenvalue weighted by Gasteiger charge is 2.37. The van der Waals surface area contributed by atoms with Crippen molar-refractivity contribution in [3.63, 3.8) is 0 Å². The summed E-state index contributed by atoms with van der Waals surface area (Å²) in [7, 11) is 4.05. The van der Waals surface area contributed by atoms with E-state index in [9.17, 15) is 53.6 Å². The van der Waals surface area contributed by atoms with Crippen LogP contribution in [0.5, 0.6) is 0 Å². The number of likely N-dealkylation sites (N-methyl/N-ethyl adjacent to an activating group) is 2. The van der Waals surface area contributed by atoms with E-state index in [-0.39, 0.29) is 45.6 Å². The van der Waals surface area contributed by atoms with Crippen LogP contribution >= 0.6 is 7.14 Å². The molecule has 1 aromatic heterocycles. The minimum Gasteiger partial charge on any atom is -0.395 e. The fourth-order valence-electron chi connectivity index (χ4n) is 13.1. The van der Waals surface area contributed by atoms with Crippen molar-refractivity contribution in [2.24, 2.45) is 0 Å². The van der Waals surface area contributed by atoms with E-state index >= 15 is 0 Å². The summed E-state index contributed by atoms with van der Waals surface area (Å²) in [5.41, 5.74) is 5.91. The number of β-amino-alcohol motifs (C(OH)–C–C–N with tert-alkyl or cyclic N) is 2. The molecular formula is C84H124F10N9O3P. The van der Waals surface area contributed by atoms with Gasteiger partial charge < -0.3 is 29.1 Å². The molecule has 0 saturated carbocycles. The highest BCUT2D eigenvalue weighted by atomic mass is 31.2. The number of hydrogen-bond acceptors (Lipinski definition) is 11. The molecule has 10 rings (SSSR count). The molecule has 4 saturated heterocycles. The van der Waals surface area contributed by atoms with Gasteiger partial charge in [0.2, 0.25) is 0 Å². The maximum absolute atomic E-state index is 13.6. The molecule has 598 valence electrons. The van der Waals surface area contributed by atoms with E-state index < -0.39 is 42.4 Å². The van der Waals surface area contributed by atoms with Gasteiger partial charge in [0, 0.05) is 142 Å². The Morgan fingerprint density at radius 2 is 0.888 bits per heavy atom. The summed E-state index contributed by atoms with van der Waals surface area (Å²) in [5, 5.41) is 19.5. The van der Waals surface area contributed by atoms with Gasteiger partial charge in [0.1, 0.15) is 13.0 Å². The summed E-state index contributed by atoms with van der Waals surface area (Å²) < 4.78 is 147. The molecule has 23 heteroatoms. The standard InChI is InChI=1S/C18H27F3N2O.C18H27F3N2.C18H31N2OP.C16H22F3NO.C14H17FN2/c1-17(2,3)15-5-4-14(16(12-15)18(19,20)21)13-23-8-6-22(7-9-23)10-11-24;1-17(2,3)14-8-13(9-15(10-14)18(19,20)21)11-23-7-6-16(12-23)22(4)5;1-18(2,3)16-11-15(12-17(13-16)22(5,6)21)14-20-9-7-19(4)8-10-20;1-15(2,3)12-6-11(7-13(8-12)16(17,18)19)9-20-5-4-14(21)10-20;1-14(2,3)12-6-11(7-13(15)8-12)9-17-5-4-16-10-17/h4-5,12,24H,6-11,13H2,1-3H3;8-10,16H,6-7,11-12H2,1-5H3;11-13H,7-10,14H2,1-6H3;6-8,14,21H,4-5,9-10H2,1-3H3;4-8,10H,9H2,1-3H3/t;16-;;14-;/m.1.1./s1. The van der Waals surface area contributed by atoms with Gasteiger partial charge in [0.05, 0.1) is 35.7 Å². The summed E-state index contributed by atoms with van der Waals surface area (Å²) >= 11 is 0. The van der Waals surface area contributed by atoms with E-state index in [1.165, 1.54) is 41.5 Å². The van der Waals surface area contributed by atoms with Crippen LogP contribution < -0.4 is 5.30 Å². The number of piperazine rings is 2. The molecule has 2 atom stereocenters. The Morgan fingerprint density at radius 1 is 0.467 bits per heavy atom. The van der Waals surface area contributed by atoms with Crippen LogP contribution in [0.1, 0.15) is 189 Å². The number of alkyl halides is 9. The molecule has 0 spiro atoms. The third-order valence-electron chi connectivity index (χ3n) is 20.2. The number of aromatic nitrogens is 2. The van der Waals surface area contributed by atoms with Crippen molar-refractivity contribution in [3.8, 4) is 0 Å². The van der Waals surface area contributed by atoms with Crippen LogP contribution in [0.15, 0.2) is 110 Å².